The molecular weight excluding hydrogens is 322 g/mol. The molecule has 0 radical (unpaired) electrons. The van der Waals surface area contributed by atoms with E-state index in [2.05, 4.69) is 44.4 Å². The van der Waals surface area contributed by atoms with Gasteiger partial charge in [0.05, 0.1) is 13.2 Å². The Kier molecular flexibility index (Phi) is 3.91. The minimum Gasteiger partial charge on any atom is -0.392 e. The second-order valence-corrected chi connectivity index (χ2v) is 6.82. The second-order valence-electron chi connectivity index (χ2n) is 4.87. The first-order chi connectivity index (χ1) is 9.28. The fourth-order valence-electron chi connectivity index (χ4n) is 2.31. The molecule has 0 atom stereocenters. The molecule has 19 heavy (non-hydrogen) atoms. The number of thiophene rings is 1. The molecule has 0 spiro atoms. The summed E-state index contributed by atoms with van der Waals surface area (Å²) in [6.07, 6.45) is 2.51. The third-order valence-corrected chi connectivity index (χ3v) is 4.78. The van der Waals surface area contributed by atoms with Crippen LogP contribution < -0.4 is 4.90 Å². The highest BCUT2D eigenvalue weighted by Gasteiger charge is 2.30. The largest absolute Gasteiger partial charge is 0.392 e. The standard InChI is InChI=1S/C15H16BrNOS/c16-12-4-3-11(10-18)15(8-12)17(13-5-6-13)9-14-2-1-7-19-14/h1-4,7-8,13,18H,5-6,9-10H2. The highest BCUT2D eigenvalue weighted by Crippen LogP contribution is 2.36. The number of rotatable bonds is 5. The molecule has 1 aliphatic carbocycles. The fraction of sp³-hybridized carbons (Fsp3) is 0.333. The highest BCUT2D eigenvalue weighted by molar-refractivity contribution is 9.10. The van der Waals surface area contributed by atoms with Crippen molar-refractivity contribution in [3.63, 3.8) is 0 Å². The van der Waals surface area contributed by atoms with Gasteiger partial charge in [0.25, 0.3) is 0 Å². The van der Waals surface area contributed by atoms with Crippen molar-refractivity contribution in [3.05, 3.63) is 50.6 Å². The van der Waals surface area contributed by atoms with Gasteiger partial charge in [0.2, 0.25) is 0 Å². The summed E-state index contributed by atoms with van der Waals surface area (Å²) in [5.74, 6) is 0. The molecule has 1 aromatic heterocycles. The lowest BCUT2D eigenvalue weighted by atomic mass is 10.1. The quantitative estimate of drug-likeness (QED) is 0.884. The van der Waals surface area contributed by atoms with E-state index >= 15 is 0 Å². The number of nitrogens with zero attached hydrogens (tertiary/aromatic N) is 1. The first kappa shape index (κ1) is 13.2. The zero-order valence-corrected chi connectivity index (χ0v) is 13.0. The SMILES string of the molecule is OCc1ccc(Br)cc1N(Cc1cccs1)C1CC1. The number of aliphatic hydroxyl groups is 1. The van der Waals surface area contributed by atoms with Gasteiger partial charge < -0.3 is 10.0 Å². The monoisotopic (exact) mass is 337 g/mol. The molecule has 1 aliphatic rings. The van der Waals surface area contributed by atoms with E-state index in [1.54, 1.807) is 11.3 Å². The Morgan fingerprint density at radius 1 is 1.32 bits per heavy atom. The maximum absolute atomic E-state index is 9.55. The van der Waals surface area contributed by atoms with Crippen molar-refractivity contribution in [1.82, 2.24) is 0 Å². The Morgan fingerprint density at radius 3 is 2.79 bits per heavy atom. The Labute approximate surface area is 125 Å². The normalized spacial score (nSPS) is 14.6. The molecule has 1 N–H and O–H groups in total. The Morgan fingerprint density at radius 2 is 2.16 bits per heavy atom. The molecule has 0 bridgehead atoms. The summed E-state index contributed by atoms with van der Waals surface area (Å²) in [7, 11) is 0. The van der Waals surface area contributed by atoms with Crippen LogP contribution in [0.25, 0.3) is 0 Å². The predicted octanol–water partition coefficient (Wildman–Crippen LogP) is 4.17. The van der Waals surface area contributed by atoms with Gasteiger partial charge in [0.1, 0.15) is 0 Å². The zero-order valence-electron chi connectivity index (χ0n) is 10.6. The number of aliphatic hydroxyl groups excluding tert-OH is 1. The van der Waals surface area contributed by atoms with Crippen LogP contribution in [0.2, 0.25) is 0 Å². The Balaban J connectivity index is 1.93. The summed E-state index contributed by atoms with van der Waals surface area (Å²) in [6.45, 7) is 1.03. The van der Waals surface area contributed by atoms with Crippen LogP contribution in [0.1, 0.15) is 23.3 Å². The van der Waals surface area contributed by atoms with Crippen molar-refractivity contribution in [2.24, 2.45) is 0 Å². The molecule has 1 heterocycles. The lowest BCUT2D eigenvalue weighted by molar-refractivity contribution is 0.282. The van der Waals surface area contributed by atoms with E-state index < -0.39 is 0 Å². The third kappa shape index (κ3) is 3.02. The fourth-order valence-corrected chi connectivity index (χ4v) is 3.36. The van der Waals surface area contributed by atoms with E-state index in [-0.39, 0.29) is 6.61 Å². The molecule has 0 amide bonds. The van der Waals surface area contributed by atoms with Crippen molar-refractivity contribution < 1.29 is 5.11 Å². The first-order valence-corrected chi connectivity index (χ1v) is 8.13. The van der Waals surface area contributed by atoms with Crippen LogP contribution in [0.5, 0.6) is 0 Å². The smallest absolute Gasteiger partial charge is 0.0702 e. The molecule has 1 saturated carbocycles. The van der Waals surface area contributed by atoms with Gasteiger partial charge in [-0.3, -0.25) is 0 Å². The maximum atomic E-state index is 9.55. The van der Waals surface area contributed by atoms with Gasteiger partial charge in [-0.05, 0) is 36.4 Å². The van der Waals surface area contributed by atoms with Gasteiger partial charge in [0, 0.05) is 26.6 Å². The van der Waals surface area contributed by atoms with Gasteiger partial charge in [-0.1, -0.05) is 28.1 Å². The minimum atomic E-state index is 0.0935. The molecular formula is C15H16BrNOS. The van der Waals surface area contributed by atoms with E-state index in [9.17, 15) is 5.11 Å². The first-order valence-electron chi connectivity index (χ1n) is 6.46. The van der Waals surface area contributed by atoms with Crippen LogP contribution >= 0.6 is 27.3 Å². The number of hydrogen-bond donors (Lipinski definition) is 1. The average Bonchev–Trinajstić information content (AvgIpc) is 3.13. The van der Waals surface area contributed by atoms with E-state index in [4.69, 9.17) is 0 Å². The molecule has 100 valence electrons. The molecule has 0 aliphatic heterocycles. The third-order valence-electron chi connectivity index (χ3n) is 3.42. The lowest BCUT2D eigenvalue weighted by Crippen LogP contribution is -2.25. The Hall–Kier alpha value is -0.840. The van der Waals surface area contributed by atoms with Crippen molar-refractivity contribution in [2.75, 3.05) is 4.90 Å². The highest BCUT2D eigenvalue weighted by atomic mass is 79.9. The molecule has 2 nitrogen and oxygen atoms in total. The van der Waals surface area contributed by atoms with E-state index in [1.807, 2.05) is 12.1 Å². The second kappa shape index (κ2) is 5.65. The summed E-state index contributed by atoms with van der Waals surface area (Å²) in [5, 5.41) is 11.7. The van der Waals surface area contributed by atoms with Crippen molar-refractivity contribution in [1.29, 1.82) is 0 Å². The molecule has 0 saturated heterocycles. The van der Waals surface area contributed by atoms with Crippen molar-refractivity contribution in [2.45, 2.75) is 32.0 Å². The molecule has 1 fully saturated rings. The molecule has 3 rings (SSSR count). The van der Waals surface area contributed by atoms with Crippen LogP contribution in [0, 0.1) is 0 Å². The van der Waals surface area contributed by atoms with Crippen LogP contribution in [0.3, 0.4) is 0 Å². The van der Waals surface area contributed by atoms with Gasteiger partial charge >= 0.3 is 0 Å². The van der Waals surface area contributed by atoms with E-state index in [0.29, 0.717) is 6.04 Å². The topological polar surface area (TPSA) is 23.5 Å². The van der Waals surface area contributed by atoms with Crippen molar-refractivity contribution in [3.8, 4) is 0 Å². The molecule has 4 heteroatoms. The lowest BCUT2D eigenvalue weighted by Gasteiger charge is -2.26. The number of anilines is 1. The summed E-state index contributed by atoms with van der Waals surface area (Å²) < 4.78 is 1.07. The molecule has 0 unspecified atom stereocenters. The average molecular weight is 338 g/mol. The molecule has 1 aromatic carbocycles. The maximum Gasteiger partial charge on any atom is 0.0702 e. The van der Waals surface area contributed by atoms with Gasteiger partial charge in [0.15, 0.2) is 0 Å². The zero-order chi connectivity index (χ0) is 13.2. The predicted molar refractivity (Wildman–Crippen MR) is 83.6 cm³/mol. The minimum absolute atomic E-state index is 0.0935. The van der Waals surface area contributed by atoms with Crippen LogP contribution in [-0.4, -0.2) is 11.1 Å². The van der Waals surface area contributed by atoms with Gasteiger partial charge in [-0.2, -0.15) is 0 Å². The van der Waals surface area contributed by atoms with Crippen LogP contribution in [0.4, 0.5) is 5.69 Å². The number of benzene rings is 1. The van der Waals surface area contributed by atoms with E-state index in [0.717, 1.165) is 22.3 Å². The summed E-state index contributed by atoms with van der Waals surface area (Å²) >= 11 is 5.33. The van der Waals surface area contributed by atoms with Crippen molar-refractivity contribution >= 4 is 33.0 Å². The van der Waals surface area contributed by atoms with Gasteiger partial charge in [-0.15, -0.1) is 11.3 Å². The number of hydrogen-bond acceptors (Lipinski definition) is 3. The number of halogens is 1. The van der Waals surface area contributed by atoms with Crippen LogP contribution in [0.15, 0.2) is 40.2 Å². The molecule has 2 aromatic rings. The van der Waals surface area contributed by atoms with E-state index in [1.165, 1.54) is 17.7 Å². The Bertz CT molecular complexity index is 551. The summed E-state index contributed by atoms with van der Waals surface area (Å²) in [5.41, 5.74) is 2.17. The van der Waals surface area contributed by atoms with Crippen LogP contribution in [-0.2, 0) is 13.2 Å². The summed E-state index contributed by atoms with van der Waals surface area (Å²) in [6, 6.07) is 11.0. The summed E-state index contributed by atoms with van der Waals surface area (Å²) in [4.78, 5) is 3.80. The van der Waals surface area contributed by atoms with Gasteiger partial charge in [-0.25, -0.2) is 0 Å².